The fraction of sp³-hybridized carbons (Fsp3) is 0.444. The maximum Gasteiger partial charge on any atom is 0.286 e. The molecule has 4 heteroatoms. The van der Waals surface area contributed by atoms with Crippen LogP contribution in [0.5, 0.6) is 0 Å². The molecule has 0 aliphatic rings. The largest absolute Gasteiger partial charge is 0.459 e. The molecule has 1 rings (SSSR count). The summed E-state index contributed by atoms with van der Waals surface area (Å²) in [6.07, 6.45) is 2.23. The zero-order chi connectivity index (χ0) is 9.68. The Hall–Kier alpha value is -0.960. The zero-order valence-electron chi connectivity index (χ0n) is 7.42. The summed E-state index contributed by atoms with van der Waals surface area (Å²) >= 11 is 5.71. The van der Waals surface area contributed by atoms with Gasteiger partial charge in [0.15, 0.2) is 5.76 Å². The third-order valence-electron chi connectivity index (χ3n) is 1.57. The van der Waals surface area contributed by atoms with E-state index >= 15 is 0 Å². The van der Waals surface area contributed by atoms with E-state index in [2.05, 4.69) is 5.32 Å². The molecule has 1 aromatic rings. The second-order valence-electron chi connectivity index (χ2n) is 2.80. The van der Waals surface area contributed by atoms with Crippen LogP contribution in [0.15, 0.2) is 22.8 Å². The van der Waals surface area contributed by atoms with Crippen LogP contribution in [0.1, 0.15) is 23.9 Å². The summed E-state index contributed by atoms with van der Waals surface area (Å²) in [6, 6.07) is 3.30. The molecule has 72 valence electrons. The van der Waals surface area contributed by atoms with Crippen LogP contribution in [0.3, 0.4) is 0 Å². The first-order valence-corrected chi connectivity index (χ1v) is 4.59. The molecule has 0 aromatic carbocycles. The average molecular weight is 202 g/mol. The Morgan fingerprint density at radius 3 is 3.08 bits per heavy atom. The normalized spacial score (nSPS) is 12.5. The first kappa shape index (κ1) is 10.1. The van der Waals surface area contributed by atoms with Gasteiger partial charge in [-0.05, 0) is 25.5 Å². The molecule has 3 nitrogen and oxygen atoms in total. The highest BCUT2D eigenvalue weighted by molar-refractivity contribution is 6.20. The maximum atomic E-state index is 11.2. The van der Waals surface area contributed by atoms with Crippen LogP contribution >= 0.6 is 11.6 Å². The maximum absolute atomic E-state index is 11.2. The van der Waals surface area contributed by atoms with E-state index in [1.54, 1.807) is 12.1 Å². The van der Waals surface area contributed by atoms with Crippen molar-refractivity contribution in [2.75, 3.05) is 6.54 Å². The van der Waals surface area contributed by atoms with Gasteiger partial charge >= 0.3 is 0 Å². The molecule has 0 saturated heterocycles. The highest BCUT2D eigenvalue weighted by Crippen LogP contribution is 2.01. The molecular formula is C9H12ClNO2. The van der Waals surface area contributed by atoms with Crippen LogP contribution in [-0.2, 0) is 0 Å². The second kappa shape index (κ2) is 4.92. The lowest BCUT2D eigenvalue weighted by atomic mass is 10.3. The van der Waals surface area contributed by atoms with Crippen LogP contribution in [-0.4, -0.2) is 17.8 Å². The van der Waals surface area contributed by atoms with Crippen molar-refractivity contribution in [2.45, 2.75) is 18.7 Å². The predicted octanol–water partition coefficient (Wildman–Crippen LogP) is 2.03. The van der Waals surface area contributed by atoms with Crippen molar-refractivity contribution in [3.05, 3.63) is 24.2 Å². The fourth-order valence-electron chi connectivity index (χ4n) is 0.879. The van der Waals surface area contributed by atoms with E-state index in [1.807, 2.05) is 6.92 Å². The lowest BCUT2D eigenvalue weighted by molar-refractivity contribution is 0.0925. The van der Waals surface area contributed by atoms with Gasteiger partial charge < -0.3 is 9.73 Å². The standard InChI is InChI=1S/C9H12ClNO2/c1-7(10)4-5-11-9(12)8-3-2-6-13-8/h2-3,6-7H,4-5H2,1H3,(H,11,12). The van der Waals surface area contributed by atoms with Gasteiger partial charge in [-0.15, -0.1) is 11.6 Å². The molecule has 0 spiro atoms. The summed E-state index contributed by atoms with van der Waals surface area (Å²) in [5.41, 5.74) is 0. The number of furan rings is 1. The molecule has 0 aliphatic carbocycles. The minimum absolute atomic E-state index is 0.0805. The summed E-state index contributed by atoms with van der Waals surface area (Å²) in [5.74, 6) is 0.143. The number of hydrogen-bond acceptors (Lipinski definition) is 2. The van der Waals surface area contributed by atoms with E-state index in [-0.39, 0.29) is 11.3 Å². The summed E-state index contributed by atoms with van der Waals surface area (Å²) in [4.78, 5) is 11.2. The van der Waals surface area contributed by atoms with Gasteiger partial charge in [0.25, 0.3) is 5.91 Å². The van der Waals surface area contributed by atoms with Gasteiger partial charge in [0.2, 0.25) is 0 Å². The smallest absolute Gasteiger partial charge is 0.286 e. The van der Waals surface area contributed by atoms with E-state index < -0.39 is 0 Å². The molecule has 1 amide bonds. The molecule has 0 saturated carbocycles. The van der Waals surface area contributed by atoms with Crippen LogP contribution in [0.2, 0.25) is 0 Å². The Balaban J connectivity index is 2.27. The number of carbonyl (C=O) groups excluding carboxylic acids is 1. The molecule has 0 aliphatic heterocycles. The molecule has 0 fully saturated rings. The molecule has 1 atom stereocenters. The molecule has 1 heterocycles. The van der Waals surface area contributed by atoms with Crippen LogP contribution in [0.25, 0.3) is 0 Å². The van der Waals surface area contributed by atoms with Gasteiger partial charge in [0.1, 0.15) is 0 Å². The molecule has 0 bridgehead atoms. The fourth-order valence-corrected chi connectivity index (χ4v) is 0.989. The van der Waals surface area contributed by atoms with Crippen molar-refractivity contribution in [1.82, 2.24) is 5.32 Å². The quantitative estimate of drug-likeness (QED) is 0.758. The van der Waals surface area contributed by atoms with E-state index in [0.29, 0.717) is 12.3 Å². The highest BCUT2D eigenvalue weighted by Gasteiger charge is 2.07. The number of rotatable bonds is 4. The third-order valence-corrected chi connectivity index (χ3v) is 1.79. The Kier molecular flexibility index (Phi) is 3.83. The SMILES string of the molecule is CC(Cl)CCNC(=O)c1ccco1. The van der Waals surface area contributed by atoms with Crippen LogP contribution in [0, 0.1) is 0 Å². The van der Waals surface area contributed by atoms with Crippen LogP contribution in [0.4, 0.5) is 0 Å². The Morgan fingerprint density at radius 2 is 2.54 bits per heavy atom. The summed E-state index contributed by atoms with van der Waals surface area (Å²) < 4.78 is 4.91. The van der Waals surface area contributed by atoms with Gasteiger partial charge in [0.05, 0.1) is 6.26 Å². The first-order chi connectivity index (χ1) is 6.20. The van der Waals surface area contributed by atoms with Gasteiger partial charge in [-0.2, -0.15) is 0 Å². The third kappa shape index (κ3) is 3.51. The molecule has 13 heavy (non-hydrogen) atoms. The molecular weight excluding hydrogens is 190 g/mol. The van der Waals surface area contributed by atoms with E-state index in [9.17, 15) is 4.79 Å². The van der Waals surface area contributed by atoms with Crippen molar-refractivity contribution in [1.29, 1.82) is 0 Å². The predicted molar refractivity (Wildman–Crippen MR) is 51.0 cm³/mol. The summed E-state index contributed by atoms with van der Waals surface area (Å²) in [6.45, 7) is 2.46. The first-order valence-electron chi connectivity index (χ1n) is 4.16. The minimum Gasteiger partial charge on any atom is -0.459 e. The number of hydrogen-bond donors (Lipinski definition) is 1. The number of nitrogens with one attached hydrogen (secondary N) is 1. The number of amides is 1. The molecule has 1 unspecified atom stereocenters. The average Bonchev–Trinajstić information content (AvgIpc) is 2.55. The Bertz CT molecular complexity index is 257. The number of alkyl halides is 1. The summed E-state index contributed by atoms with van der Waals surface area (Å²) in [7, 11) is 0. The van der Waals surface area contributed by atoms with E-state index in [0.717, 1.165) is 6.42 Å². The molecule has 1 aromatic heterocycles. The number of halogens is 1. The van der Waals surface area contributed by atoms with Crippen molar-refractivity contribution < 1.29 is 9.21 Å². The van der Waals surface area contributed by atoms with Gasteiger partial charge in [-0.3, -0.25) is 4.79 Å². The van der Waals surface area contributed by atoms with E-state index in [1.165, 1.54) is 6.26 Å². The van der Waals surface area contributed by atoms with Gasteiger partial charge in [-0.25, -0.2) is 0 Å². The topological polar surface area (TPSA) is 42.2 Å². The zero-order valence-corrected chi connectivity index (χ0v) is 8.17. The Labute approximate surface area is 82.1 Å². The van der Waals surface area contributed by atoms with Gasteiger partial charge in [0, 0.05) is 11.9 Å². The highest BCUT2D eigenvalue weighted by atomic mass is 35.5. The number of carbonyl (C=O) groups is 1. The van der Waals surface area contributed by atoms with Crippen molar-refractivity contribution in [3.63, 3.8) is 0 Å². The molecule has 1 N–H and O–H groups in total. The van der Waals surface area contributed by atoms with Crippen LogP contribution < -0.4 is 5.32 Å². The van der Waals surface area contributed by atoms with E-state index in [4.69, 9.17) is 16.0 Å². The molecule has 0 radical (unpaired) electrons. The van der Waals surface area contributed by atoms with Crippen molar-refractivity contribution >= 4 is 17.5 Å². The second-order valence-corrected chi connectivity index (χ2v) is 3.55. The summed E-state index contributed by atoms with van der Waals surface area (Å²) in [5, 5.41) is 2.78. The Morgan fingerprint density at radius 1 is 1.77 bits per heavy atom. The lowest BCUT2D eigenvalue weighted by Crippen LogP contribution is -2.25. The van der Waals surface area contributed by atoms with Gasteiger partial charge in [-0.1, -0.05) is 0 Å². The minimum atomic E-state index is -0.192. The monoisotopic (exact) mass is 201 g/mol. The van der Waals surface area contributed by atoms with Crippen molar-refractivity contribution in [2.24, 2.45) is 0 Å². The van der Waals surface area contributed by atoms with Crippen molar-refractivity contribution in [3.8, 4) is 0 Å². The lowest BCUT2D eigenvalue weighted by Gasteiger charge is -2.03.